The Kier molecular flexibility index (Phi) is 8.00. The molecule has 2 aromatic carbocycles. The second-order valence-corrected chi connectivity index (χ2v) is 6.40. The van der Waals surface area contributed by atoms with Crippen LogP contribution in [0.1, 0.15) is 5.56 Å². The fourth-order valence-corrected chi connectivity index (χ4v) is 2.72. The third-order valence-electron chi connectivity index (χ3n) is 3.84. The number of nitriles is 1. The van der Waals surface area contributed by atoms with E-state index in [0.717, 1.165) is 5.56 Å². The van der Waals surface area contributed by atoms with Gasteiger partial charge >= 0.3 is 0 Å². The number of amides is 1. The van der Waals surface area contributed by atoms with Crippen LogP contribution in [0.4, 0.5) is 5.69 Å². The molecule has 2 rings (SSSR count). The summed E-state index contributed by atoms with van der Waals surface area (Å²) in [4.78, 5) is 12.2. The predicted molar refractivity (Wildman–Crippen MR) is 110 cm³/mol. The molecule has 1 amide bonds. The molecule has 0 saturated heterocycles. The number of anilines is 1. The fourth-order valence-electron chi connectivity index (χ4n) is 2.37. The van der Waals surface area contributed by atoms with Crippen LogP contribution in [0.25, 0.3) is 0 Å². The topological polar surface area (TPSA) is 83.4 Å². The highest BCUT2D eigenvalue weighted by Crippen LogP contribution is 2.29. The average Bonchev–Trinajstić information content (AvgIpc) is 2.71. The summed E-state index contributed by atoms with van der Waals surface area (Å²) in [5.74, 6) is 0.760. The zero-order valence-corrected chi connectivity index (χ0v) is 16.9. The van der Waals surface area contributed by atoms with E-state index in [4.69, 9.17) is 32.7 Å². The van der Waals surface area contributed by atoms with Crippen molar-refractivity contribution in [1.29, 1.82) is 5.26 Å². The highest BCUT2D eigenvalue weighted by molar-refractivity contribution is 6.43. The summed E-state index contributed by atoms with van der Waals surface area (Å²) >= 11 is 12.0. The molecule has 28 heavy (non-hydrogen) atoms. The molecule has 0 unspecified atom stereocenters. The molecule has 6 nitrogen and oxygen atoms in total. The Hall–Kier alpha value is -2.88. The standard InChI is InChI=1S/C20H19Cl2N3O3/c1-27-17-7-6-13(10-18(17)28-2)8-9-24-20(26)14(11-23)12-25-16-5-3-4-15(21)19(16)22/h3-7,10,12,25H,8-9H2,1-2H3,(H,24,26)/b14-12-. The van der Waals surface area contributed by atoms with Crippen molar-refractivity contribution in [2.75, 3.05) is 26.1 Å². The Labute approximate surface area is 173 Å². The van der Waals surface area contributed by atoms with Crippen LogP contribution in [0, 0.1) is 11.3 Å². The van der Waals surface area contributed by atoms with Crippen molar-refractivity contribution in [3.8, 4) is 17.6 Å². The lowest BCUT2D eigenvalue weighted by molar-refractivity contribution is -0.117. The fraction of sp³-hybridized carbons (Fsp3) is 0.200. The van der Waals surface area contributed by atoms with Crippen molar-refractivity contribution in [3.05, 3.63) is 63.8 Å². The number of rotatable bonds is 8. The molecule has 2 aromatic rings. The van der Waals surface area contributed by atoms with E-state index in [2.05, 4.69) is 10.6 Å². The Morgan fingerprint density at radius 3 is 2.61 bits per heavy atom. The van der Waals surface area contributed by atoms with Gasteiger partial charge in [0.1, 0.15) is 11.6 Å². The number of methoxy groups -OCH3 is 2. The van der Waals surface area contributed by atoms with Crippen LogP contribution in [-0.4, -0.2) is 26.7 Å². The minimum absolute atomic E-state index is 0.0802. The van der Waals surface area contributed by atoms with Crippen molar-refractivity contribution < 1.29 is 14.3 Å². The van der Waals surface area contributed by atoms with E-state index in [9.17, 15) is 10.1 Å². The maximum absolute atomic E-state index is 12.2. The van der Waals surface area contributed by atoms with E-state index >= 15 is 0 Å². The molecule has 0 heterocycles. The molecule has 146 valence electrons. The second kappa shape index (κ2) is 10.5. The number of benzene rings is 2. The SMILES string of the molecule is COc1ccc(CCNC(=O)/C(C#N)=C\Nc2cccc(Cl)c2Cl)cc1OC. The number of nitrogens with one attached hydrogen (secondary N) is 2. The van der Waals surface area contributed by atoms with Crippen molar-refractivity contribution in [1.82, 2.24) is 5.32 Å². The lowest BCUT2D eigenvalue weighted by Crippen LogP contribution is -2.27. The third-order valence-corrected chi connectivity index (χ3v) is 4.65. The summed E-state index contributed by atoms with van der Waals surface area (Å²) in [6.07, 6.45) is 1.86. The lowest BCUT2D eigenvalue weighted by Gasteiger charge is -2.10. The van der Waals surface area contributed by atoms with Crippen LogP contribution in [0.2, 0.25) is 10.0 Å². The maximum atomic E-state index is 12.2. The number of hydrogen-bond donors (Lipinski definition) is 2. The first-order chi connectivity index (χ1) is 13.5. The number of ether oxygens (including phenoxy) is 2. The molecular formula is C20H19Cl2N3O3. The predicted octanol–water partition coefficient (Wildman–Crippen LogP) is 4.19. The van der Waals surface area contributed by atoms with Crippen molar-refractivity contribution in [2.45, 2.75) is 6.42 Å². The van der Waals surface area contributed by atoms with E-state index in [-0.39, 0.29) is 5.57 Å². The molecule has 0 atom stereocenters. The molecule has 0 aromatic heterocycles. The van der Waals surface area contributed by atoms with E-state index in [1.807, 2.05) is 18.2 Å². The van der Waals surface area contributed by atoms with E-state index in [1.165, 1.54) is 6.20 Å². The van der Waals surface area contributed by atoms with Gasteiger partial charge < -0.3 is 20.1 Å². The monoisotopic (exact) mass is 419 g/mol. The van der Waals surface area contributed by atoms with Crippen LogP contribution in [0.3, 0.4) is 0 Å². The summed E-state index contributed by atoms with van der Waals surface area (Å²) in [5, 5.41) is 15.5. The van der Waals surface area contributed by atoms with Gasteiger partial charge in [0.25, 0.3) is 5.91 Å². The molecule has 0 aliphatic heterocycles. The lowest BCUT2D eigenvalue weighted by atomic mass is 10.1. The van der Waals surface area contributed by atoms with Gasteiger partial charge in [-0.15, -0.1) is 0 Å². The van der Waals surface area contributed by atoms with E-state index in [1.54, 1.807) is 38.5 Å². The minimum Gasteiger partial charge on any atom is -0.493 e. The number of nitrogens with zero attached hydrogens (tertiary/aromatic N) is 1. The normalized spacial score (nSPS) is 10.8. The summed E-state index contributed by atoms with van der Waals surface area (Å²) in [5.41, 5.74) is 1.38. The smallest absolute Gasteiger partial charge is 0.263 e. The first kappa shape index (κ1) is 21.4. The largest absolute Gasteiger partial charge is 0.493 e. The zero-order valence-electron chi connectivity index (χ0n) is 15.4. The van der Waals surface area contributed by atoms with Gasteiger partial charge in [0.15, 0.2) is 11.5 Å². The van der Waals surface area contributed by atoms with Crippen LogP contribution < -0.4 is 20.1 Å². The van der Waals surface area contributed by atoms with Gasteiger partial charge in [0.05, 0.1) is 30.0 Å². The first-order valence-corrected chi connectivity index (χ1v) is 9.05. The van der Waals surface area contributed by atoms with Gasteiger partial charge in [-0.25, -0.2) is 0 Å². The highest BCUT2D eigenvalue weighted by Gasteiger charge is 2.10. The molecule has 0 fully saturated rings. The van der Waals surface area contributed by atoms with Gasteiger partial charge in [0, 0.05) is 12.7 Å². The quantitative estimate of drug-likeness (QED) is 0.494. The molecule has 0 saturated carbocycles. The maximum Gasteiger partial charge on any atom is 0.263 e. The molecule has 8 heteroatoms. The summed E-state index contributed by atoms with van der Waals surface area (Å²) in [7, 11) is 3.13. The summed E-state index contributed by atoms with van der Waals surface area (Å²) in [6.45, 7) is 0.352. The van der Waals surface area contributed by atoms with Crippen LogP contribution in [0.5, 0.6) is 11.5 Å². The van der Waals surface area contributed by atoms with Gasteiger partial charge in [-0.1, -0.05) is 35.3 Å². The van der Waals surface area contributed by atoms with Gasteiger partial charge in [-0.05, 0) is 36.2 Å². The van der Waals surface area contributed by atoms with Crippen molar-refractivity contribution in [3.63, 3.8) is 0 Å². The number of hydrogen-bond acceptors (Lipinski definition) is 5. The van der Waals surface area contributed by atoms with Gasteiger partial charge in [0.2, 0.25) is 0 Å². The first-order valence-electron chi connectivity index (χ1n) is 8.30. The Bertz CT molecular complexity index is 923. The highest BCUT2D eigenvalue weighted by atomic mass is 35.5. The number of carbonyl (C=O) groups excluding carboxylic acids is 1. The molecule has 0 bridgehead atoms. The Balaban J connectivity index is 1.95. The second-order valence-electron chi connectivity index (χ2n) is 5.61. The molecule has 2 N–H and O–H groups in total. The summed E-state index contributed by atoms with van der Waals surface area (Å²) in [6, 6.07) is 12.4. The van der Waals surface area contributed by atoms with Crippen molar-refractivity contribution in [2.24, 2.45) is 0 Å². The molecular weight excluding hydrogens is 401 g/mol. The van der Waals surface area contributed by atoms with Crippen molar-refractivity contribution >= 4 is 34.8 Å². The van der Waals surface area contributed by atoms with Gasteiger partial charge in [-0.3, -0.25) is 4.79 Å². The Morgan fingerprint density at radius 1 is 1.18 bits per heavy atom. The average molecular weight is 420 g/mol. The molecule has 0 spiro atoms. The number of halogens is 2. The Morgan fingerprint density at radius 2 is 1.93 bits per heavy atom. The molecule has 0 aliphatic rings. The van der Waals surface area contributed by atoms with Crippen LogP contribution in [-0.2, 0) is 11.2 Å². The molecule has 0 aliphatic carbocycles. The molecule has 0 radical (unpaired) electrons. The van der Waals surface area contributed by atoms with E-state index < -0.39 is 5.91 Å². The van der Waals surface area contributed by atoms with E-state index in [0.29, 0.717) is 40.2 Å². The zero-order chi connectivity index (χ0) is 20.5. The van der Waals surface area contributed by atoms with Crippen LogP contribution in [0.15, 0.2) is 48.2 Å². The third kappa shape index (κ3) is 5.56. The minimum atomic E-state index is -0.492. The summed E-state index contributed by atoms with van der Waals surface area (Å²) < 4.78 is 10.5. The van der Waals surface area contributed by atoms with Crippen LogP contribution >= 0.6 is 23.2 Å². The number of carbonyl (C=O) groups is 1. The van der Waals surface area contributed by atoms with Gasteiger partial charge in [-0.2, -0.15) is 5.26 Å².